The third-order valence-corrected chi connectivity index (χ3v) is 5.40. The van der Waals surface area contributed by atoms with E-state index in [-0.39, 0.29) is 30.4 Å². The fourth-order valence-electron chi connectivity index (χ4n) is 3.42. The first-order valence-corrected chi connectivity index (χ1v) is 9.98. The highest BCUT2D eigenvalue weighted by Gasteiger charge is 2.32. The highest BCUT2D eigenvalue weighted by molar-refractivity contribution is 6.35. The summed E-state index contributed by atoms with van der Waals surface area (Å²) in [6.45, 7) is 3.08. The molecule has 2 heterocycles. The zero-order chi connectivity index (χ0) is 20.1. The van der Waals surface area contributed by atoms with Gasteiger partial charge in [0.25, 0.3) is 0 Å². The van der Waals surface area contributed by atoms with Gasteiger partial charge in [-0.15, -0.1) is 0 Å². The van der Waals surface area contributed by atoms with Gasteiger partial charge in [-0.3, -0.25) is 14.5 Å². The number of benzene rings is 1. The van der Waals surface area contributed by atoms with Gasteiger partial charge in [0.05, 0.1) is 31.4 Å². The van der Waals surface area contributed by atoms with E-state index in [1.165, 1.54) is 0 Å². The van der Waals surface area contributed by atoms with Crippen molar-refractivity contribution in [1.29, 1.82) is 0 Å². The number of halogens is 2. The summed E-state index contributed by atoms with van der Waals surface area (Å²) in [4.78, 5) is 26.9. The minimum atomic E-state index is -0.310. The molecule has 28 heavy (non-hydrogen) atoms. The van der Waals surface area contributed by atoms with Gasteiger partial charge in [-0.25, -0.2) is 0 Å². The van der Waals surface area contributed by atoms with Crippen LogP contribution in [0.4, 0.5) is 0 Å². The van der Waals surface area contributed by atoms with Gasteiger partial charge >= 0.3 is 0 Å². The van der Waals surface area contributed by atoms with E-state index in [1.807, 2.05) is 17.9 Å². The monoisotopic (exact) mass is 423 g/mol. The van der Waals surface area contributed by atoms with Gasteiger partial charge in [-0.1, -0.05) is 29.3 Å². The number of amides is 2. The van der Waals surface area contributed by atoms with Crippen LogP contribution >= 0.6 is 23.2 Å². The third kappa shape index (κ3) is 5.28. The Labute approximate surface area is 174 Å². The second kappa shape index (κ2) is 9.45. The molecule has 0 unspecified atom stereocenters. The summed E-state index contributed by atoms with van der Waals surface area (Å²) in [7, 11) is 0. The first kappa shape index (κ1) is 20.7. The molecular formula is C20H23Cl2N3O3. The molecule has 2 amide bonds. The van der Waals surface area contributed by atoms with E-state index in [1.54, 1.807) is 30.5 Å². The Morgan fingerprint density at radius 2 is 2.14 bits per heavy atom. The summed E-state index contributed by atoms with van der Waals surface area (Å²) in [5.74, 6) is 0.462. The Morgan fingerprint density at radius 3 is 2.86 bits per heavy atom. The van der Waals surface area contributed by atoms with E-state index in [0.717, 1.165) is 18.4 Å². The Kier molecular flexibility index (Phi) is 6.99. The van der Waals surface area contributed by atoms with Crippen LogP contribution < -0.4 is 10.6 Å². The molecule has 1 fully saturated rings. The minimum absolute atomic E-state index is 0.0875. The molecule has 0 spiro atoms. The Morgan fingerprint density at radius 1 is 1.32 bits per heavy atom. The first-order valence-electron chi connectivity index (χ1n) is 9.22. The number of rotatable bonds is 7. The molecular weight excluding hydrogens is 401 g/mol. The quantitative estimate of drug-likeness (QED) is 0.713. The molecule has 1 saturated heterocycles. The topological polar surface area (TPSA) is 74.6 Å². The molecule has 1 aliphatic heterocycles. The van der Waals surface area contributed by atoms with Crippen molar-refractivity contribution in [3.63, 3.8) is 0 Å². The second-order valence-corrected chi connectivity index (χ2v) is 7.72. The number of nitrogens with one attached hydrogen (secondary N) is 2. The van der Waals surface area contributed by atoms with Crippen molar-refractivity contribution in [2.24, 2.45) is 0 Å². The number of hydrogen-bond donors (Lipinski definition) is 2. The van der Waals surface area contributed by atoms with Gasteiger partial charge in [0.1, 0.15) is 5.76 Å². The zero-order valence-corrected chi connectivity index (χ0v) is 17.1. The van der Waals surface area contributed by atoms with Crippen molar-refractivity contribution in [3.05, 3.63) is 58.0 Å². The van der Waals surface area contributed by atoms with E-state index in [9.17, 15) is 9.59 Å². The van der Waals surface area contributed by atoms with Gasteiger partial charge in [-0.05, 0) is 56.1 Å². The number of likely N-dealkylation sites (tertiary alicyclic amines) is 1. The van der Waals surface area contributed by atoms with Crippen LogP contribution in [0.5, 0.6) is 0 Å². The summed E-state index contributed by atoms with van der Waals surface area (Å²) >= 11 is 12.1. The summed E-state index contributed by atoms with van der Waals surface area (Å²) < 4.78 is 5.23. The molecule has 150 valence electrons. The van der Waals surface area contributed by atoms with Crippen LogP contribution in [-0.4, -0.2) is 35.8 Å². The van der Waals surface area contributed by atoms with Crippen molar-refractivity contribution < 1.29 is 14.0 Å². The molecule has 1 aliphatic rings. The van der Waals surface area contributed by atoms with Gasteiger partial charge < -0.3 is 15.1 Å². The molecule has 0 radical (unpaired) electrons. The number of carbonyl (C=O) groups excluding carboxylic acids is 2. The standard InChI is InChI=1S/C20H23Cl2N3O3/c1-13(16-7-6-14(21)10-17(16)22)24-19(26)12-25-8-2-5-18(25)20(27)23-11-15-4-3-9-28-15/h3-4,6-7,9-10,13,18H,2,5,8,11-12H2,1H3,(H,23,27)(H,24,26)/t13-,18+/m0/s1. The summed E-state index contributed by atoms with van der Waals surface area (Å²) in [5.41, 5.74) is 0.800. The smallest absolute Gasteiger partial charge is 0.237 e. The fourth-order valence-corrected chi connectivity index (χ4v) is 3.99. The van der Waals surface area contributed by atoms with E-state index in [2.05, 4.69) is 10.6 Å². The van der Waals surface area contributed by atoms with Crippen molar-refractivity contribution >= 4 is 35.0 Å². The number of furan rings is 1. The van der Waals surface area contributed by atoms with Crippen LogP contribution in [0.2, 0.25) is 10.0 Å². The molecule has 0 aliphatic carbocycles. The SMILES string of the molecule is C[C@H](NC(=O)CN1CCC[C@@H]1C(=O)NCc1ccco1)c1ccc(Cl)cc1Cl. The predicted molar refractivity (Wildman–Crippen MR) is 108 cm³/mol. The van der Waals surface area contributed by atoms with Crippen molar-refractivity contribution in [1.82, 2.24) is 15.5 Å². The van der Waals surface area contributed by atoms with Gasteiger partial charge in [0, 0.05) is 10.0 Å². The van der Waals surface area contributed by atoms with Crippen LogP contribution in [0.3, 0.4) is 0 Å². The molecule has 1 aromatic heterocycles. The van der Waals surface area contributed by atoms with Gasteiger partial charge in [0.2, 0.25) is 11.8 Å². The molecule has 2 aromatic rings. The molecule has 0 saturated carbocycles. The van der Waals surface area contributed by atoms with Crippen LogP contribution in [-0.2, 0) is 16.1 Å². The lowest BCUT2D eigenvalue weighted by Crippen LogP contribution is -2.47. The van der Waals surface area contributed by atoms with E-state index >= 15 is 0 Å². The molecule has 8 heteroatoms. The Bertz CT molecular complexity index is 826. The van der Waals surface area contributed by atoms with Gasteiger partial charge in [-0.2, -0.15) is 0 Å². The fraction of sp³-hybridized carbons (Fsp3) is 0.400. The van der Waals surface area contributed by atoms with Crippen molar-refractivity contribution in [2.75, 3.05) is 13.1 Å². The molecule has 0 bridgehead atoms. The molecule has 2 N–H and O–H groups in total. The van der Waals surface area contributed by atoms with Crippen LogP contribution in [0.25, 0.3) is 0 Å². The number of hydrogen-bond acceptors (Lipinski definition) is 4. The lowest BCUT2D eigenvalue weighted by Gasteiger charge is -2.24. The van der Waals surface area contributed by atoms with Gasteiger partial charge in [0.15, 0.2) is 0 Å². The highest BCUT2D eigenvalue weighted by atomic mass is 35.5. The average molecular weight is 424 g/mol. The van der Waals surface area contributed by atoms with E-state index < -0.39 is 0 Å². The zero-order valence-electron chi connectivity index (χ0n) is 15.6. The molecule has 3 rings (SSSR count). The maximum absolute atomic E-state index is 12.5. The minimum Gasteiger partial charge on any atom is -0.467 e. The highest BCUT2D eigenvalue weighted by Crippen LogP contribution is 2.26. The Hall–Kier alpha value is -2.02. The Balaban J connectivity index is 1.52. The van der Waals surface area contributed by atoms with Crippen molar-refractivity contribution in [2.45, 2.75) is 38.4 Å². The summed E-state index contributed by atoms with van der Waals surface area (Å²) in [6, 6.07) is 8.22. The van der Waals surface area contributed by atoms with E-state index in [0.29, 0.717) is 28.9 Å². The lowest BCUT2D eigenvalue weighted by molar-refractivity contribution is -0.128. The maximum Gasteiger partial charge on any atom is 0.237 e. The first-order chi connectivity index (χ1) is 13.4. The second-order valence-electron chi connectivity index (χ2n) is 6.88. The predicted octanol–water partition coefficient (Wildman–Crippen LogP) is 3.54. The third-order valence-electron chi connectivity index (χ3n) is 4.84. The summed E-state index contributed by atoms with van der Waals surface area (Å²) in [5, 5.41) is 6.88. The number of carbonyl (C=O) groups is 2. The summed E-state index contributed by atoms with van der Waals surface area (Å²) in [6.07, 6.45) is 3.18. The normalized spacial score (nSPS) is 18.0. The largest absolute Gasteiger partial charge is 0.467 e. The van der Waals surface area contributed by atoms with E-state index in [4.69, 9.17) is 27.6 Å². The molecule has 1 aromatic carbocycles. The molecule has 2 atom stereocenters. The van der Waals surface area contributed by atoms with Crippen LogP contribution in [0.1, 0.15) is 37.1 Å². The maximum atomic E-state index is 12.5. The lowest BCUT2D eigenvalue weighted by atomic mass is 10.1. The van der Waals surface area contributed by atoms with Crippen LogP contribution in [0.15, 0.2) is 41.0 Å². The molecule has 6 nitrogen and oxygen atoms in total. The number of nitrogens with zero attached hydrogens (tertiary/aromatic N) is 1. The van der Waals surface area contributed by atoms with Crippen LogP contribution in [0, 0.1) is 0 Å². The average Bonchev–Trinajstić information content (AvgIpc) is 3.31. The van der Waals surface area contributed by atoms with Crippen molar-refractivity contribution in [3.8, 4) is 0 Å².